The molecule has 3 aliphatic carbocycles. The van der Waals surface area contributed by atoms with E-state index in [0.717, 1.165) is 11.8 Å². The van der Waals surface area contributed by atoms with E-state index in [2.05, 4.69) is 40.7 Å². The molecule has 0 aromatic rings. The summed E-state index contributed by atoms with van der Waals surface area (Å²) in [5.74, 6) is 1.87. The van der Waals surface area contributed by atoms with E-state index in [9.17, 15) is 0 Å². The highest BCUT2D eigenvalue weighted by molar-refractivity contribution is 5.28. The van der Waals surface area contributed by atoms with E-state index in [0.29, 0.717) is 16.2 Å². The molecular weight excluding hydrogens is 216 g/mol. The Morgan fingerprint density at radius 3 is 2.56 bits per heavy atom. The predicted octanol–water partition coefficient (Wildman–Crippen LogP) is 5.59. The monoisotopic (exact) mass is 246 g/mol. The Morgan fingerprint density at radius 2 is 1.89 bits per heavy atom. The summed E-state index contributed by atoms with van der Waals surface area (Å²) in [5, 5.41) is 0. The largest absolute Gasteiger partial charge is 0.0853 e. The molecule has 18 heavy (non-hydrogen) atoms. The molecule has 0 heterocycles. The third-order valence-corrected chi connectivity index (χ3v) is 7.12. The zero-order valence-corrected chi connectivity index (χ0v) is 13.0. The van der Waals surface area contributed by atoms with Gasteiger partial charge in [0.05, 0.1) is 0 Å². The molecule has 3 aliphatic rings. The van der Waals surface area contributed by atoms with Crippen molar-refractivity contribution in [1.29, 1.82) is 0 Å². The molecule has 3 atom stereocenters. The highest BCUT2D eigenvalue weighted by Crippen LogP contribution is 2.76. The van der Waals surface area contributed by atoms with Crippen molar-refractivity contribution in [1.82, 2.24) is 0 Å². The normalized spacial score (nSPS) is 46.4. The van der Waals surface area contributed by atoms with Crippen molar-refractivity contribution in [2.24, 2.45) is 28.1 Å². The Kier molecular flexibility index (Phi) is 2.58. The number of fused-ring (bicyclic) bond motifs is 1. The Bertz CT molecular complexity index is 385. The second-order valence-corrected chi connectivity index (χ2v) is 8.42. The van der Waals surface area contributed by atoms with Gasteiger partial charge < -0.3 is 0 Å². The van der Waals surface area contributed by atoms with Crippen LogP contribution in [0.2, 0.25) is 0 Å². The molecule has 0 aromatic heterocycles. The molecule has 0 amide bonds. The maximum Gasteiger partial charge on any atom is -0.00874 e. The smallest absolute Gasteiger partial charge is 0.00874 e. The number of allylic oxidation sites excluding steroid dienone is 2. The number of rotatable bonds is 1. The van der Waals surface area contributed by atoms with Crippen LogP contribution >= 0.6 is 0 Å². The lowest BCUT2D eigenvalue weighted by Gasteiger charge is -2.57. The first-order valence-electron chi connectivity index (χ1n) is 8.04. The van der Waals surface area contributed by atoms with Crippen LogP contribution in [0.25, 0.3) is 0 Å². The summed E-state index contributed by atoms with van der Waals surface area (Å²) >= 11 is 0. The Hall–Kier alpha value is -0.260. The summed E-state index contributed by atoms with van der Waals surface area (Å²) in [6.45, 7) is 12.6. The van der Waals surface area contributed by atoms with Crippen molar-refractivity contribution in [3.8, 4) is 0 Å². The number of hydrogen-bond donors (Lipinski definition) is 0. The Labute approximate surface area is 113 Å². The van der Waals surface area contributed by atoms with Gasteiger partial charge >= 0.3 is 0 Å². The molecule has 0 aromatic carbocycles. The van der Waals surface area contributed by atoms with Crippen molar-refractivity contribution in [2.45, 2.75) is 73.1 Å². The minimum atomic E-state index is 0.553. The standard InChI is InChI=1S/C18H30/c1-6-7-13-8-10-16(2,3)18-11-9-14(12-18)17(4,5)15(13)18/h7,14-15H,6,8-12H2,1-5H3/b13-7+/t14-,15?,18-/m0/s1. The lowest BCUT2D eigenvalue weighted by molar-refractivity contribution is -0.0337. The molecule has 0 nitrogen and oxygen atoms in total. The van der Waals surface area contributed by atoms with Gasteiger partial charge in [-0.3, -0.25) is 0 Å². The Morgan fingerprint density at radius 1 is 1.17 bits per heavy atom. The average molecular weight is 246 g/mol. The highest BCUT2D eigenvalue weighted by atomic mass is 14.7. The van der Waals surface area contributed by atoms with Crippen molar-refractivity contribution in [3.05, 3.63) is 11.6 Å². The van der Waals surface area contributed by atoms with Gasteiger partial charge in [-0.15, -0.1) is 0 Å². The molecular formula is C18H30. The van der Waals surface area contributed by atoms with Crippen LogP contribution in [-0.2, 0) is 0 Å². The lowest BCUT2D eigenvalue weighted by Crippen LogP contribution is -2.49. The summed E-state index contributed by atoms with van der Waals surface area (Å²) in [5.41, 5.74) is 3.58. The molecule has 2 bridgehead atoms. The molecule has 0 saturated heterocycles. The zero-order valence-electron chi connectivity index (χ0n) is 13.0. The maximum atomic E-state index is 2.57. The lowest BCUT2D eigenvalue weighted by atomic mass is 9.48. The number of hydrogen-bond acceptors (Lipinski definition) is 0. The fourth-order valence-corrected chi connectivity index (χ4v) is 6.09. The van der Waals surface area contributed by atoms with E-state index in [1.807, 2.05) is 5.57 Å². The van der Waals surface area contributed by atoms with Crippen LogP contribution in [0.1, 0.15) is 73.1 Å². The van der Waals surface area contributed by atoms with Crippen molar-refractivity contribution < 1.29 is 0 Å². The van der Waals surface area contributed by atoms with Crippen LogP contribution in [0.15, 0.2) is 11.6 Å². The van der Waals surface area contributed by atoms with Gasteiger partial charge in [0, 0.05) is 0 Å². The minimum Gasteiger partial charge on any atom is -0.0853 e. The first-order valence-corrected chi connectivity index (χ1v) is 8.04. The molecule has 3 rings (SSSR count). The van der Waals surface area contributed by atoms with Gasteiger partial charge in [-0.25, -0.2) is 0 Å². The second-order valence-electron chi connectivity index (χ2n) is 8.42. The Balaban J connectivity index is 2.11. The summed E-state index contributed by atoms with van der Waals surface area (Å²) in [7, 11) is 0. The van der Waals surface area contributed by atoms with Crippen LogP contribution in [0.4, 0.5) is 0 Å². The molecule has 0 aliphatic heterocycles. The average Bonchev–Trinajstić information content (AvgIpc) is 2.79. The predicted molar refractivity (Wildman–Crippen MR) is 78.4 cm³/mol. The molecule has 1 unspecified atom stereocenters. The van der Waals surface area contributed by atoms with Gasteiger partial charge in [0.1, 0.15) is 0 Å². The zero-order chi connectivity index (χ0) is 13.2. The van der Waals surface area contributed by atoms with Gasteiger partial charge in [-0.1, -0.05) is 46.3 Å². The molecule has 0 radical (unpaired) electrons. The summed E-state index contributed by atoms with van der Waals surface area (Å²) in [6.07, 6.45) is 11.1. The van der Waals surface area contributed by atoms with Crippen LogP contribution in [0.5, 0.6) is 0 Å². The topological polar surface area (TPSA) is 0 Å². The van der Waals surface area contributed by atoms with Crippen LogP contribution < -0.4 is 0 Å². The van der Waals surface area contributed by atoms with E-state index >= 15 is 0 Å². The minimum absolute atomic E-state index is 0.553. The third-order valence-electron chi connectivity index (χ3n) is 7.12. The maximum absolute atomic E-state index is 2.57. The summed E-state index contributed by atoms with van der Waals surface area (Å²) in [6, 6.07) is 0. The van der Waals surface area contributed by atoms with Crippen molar-refractivity contribution >= 4 is 0 Å². The summed E-state index contributed by atoms with van der Waals surface area (Å²) in [4.78, 5) is 0. The van der Waals surface area contributed by atoms with Gasteiger partial charge in [0.25, 0.3) is 0 Å². The molecule has 0 heteroatoms. The second kappa shape index (κ2) is 3.64. The van der Waals surface area contributed by atoms with E-state index in [1.165, 1.54) is 38.5 Å². The fourth-order valence-electron chi connectivity index (χ4n) is 6.09. The van der Waals surface area contributed by atoms with Gasteiger partial charge in [0.2, 0.25) is 0 Å². The first kappa shape index (κ1) is 12.8. The van der Waals surface area contributed by atoms with E-state index < -0.39 is 0 Å². The van der Waals surface area contributed by atoms with Crippen LogP contribution in [-0.4, -0.2) is 0 Å². The quantitative estimate of drug-likeness (QED) is 0.529. The molecule has 102 valence electrons. The van der Waals surface area contributed by atoms with E-state index in [-0.39, 0.29) is 0 Å². The van der Waals surface area contributed by atoms with Gasteiger partial charge in [-0.05, 0) is 66.6 Å². The van der Waals surface area contributed by atoms with E-state index in [4.69, 9.17) is 0 Å². The van der Waals surface area contributed by atoms with E-state index in [1.54, 1.807) is 0 Å². The first-order chi connectivity index (χ1) is 8.35. The SMILES string of the molecule is CC/C=C1\CCC(C)(C)[C@@]23CC[C@@H](C2)C(C)(C)C13. The van der Waals surface area contributed by atoms with Crippen LogP contribution in [0.3, 0.4) is 0 Å². The van der Waals surface area contributed by atoms with Crippen molar-refractivity contribution in [2.75, 3.05) is 0 Å². The third kappa shape index (κ3) is 1.33. The fraction of sp³-hybridized carbons (Fsp3) is 0.889. The van der Waals surface area contributed by atoms with Crippen molar-refractivity contribution in [3.63, 3.8) is 0 Å². The van der Waals surface area contributed by atoms with Gasteiger partial charge in [-0.2, -0.15) is 0 Å². The van der Waals surface area contributed by atoms with Crippen LogP contribution in [0, 0.1) is 28.1 Å². The summed E-state index contributed by atoms with van der Waals surface area (Å²) < 4.78 is 0. The molecule has 1 spiro atoms. The molecule has 0 N–H and O–H groups in total. The highest BCUT2D eigenvalue weighted by Gasteiger charge is 2.68. The van der Waals surface area contributed by atoms with Gasteiger partial charge in [0.15, 0.2) is 0 Å². The molecule has 3 fully saturated rings. The molecule has 3 saturated carbocycles.